The third-order valence-corrected chi connectivity index (χ3v) is 4.06. The van der Waals surface area contributed by atoms with Gasteiger partial charge in [-0.25, -0.2) is 0 Å². The number of rotatable bonds is 7. The molecule has 1 aliphatic rings. The Morgan fingerprint density at radius 1 is 1.23 bits per heavy atom. The van der Waals surface area contributed by atoms with Gasteiger partial charge in [-0.05, 0) is 63.3 Å². The summed E-state index contributed by atoms with van der Waals surface area (Å²) in [4.78, 5) is 14.5. The number of ether oxygens (including phenoxy) is 2. The Hall–Kier alpha value is -1.90. The molecule has 0 spiro atoms. The van der Waals surface area contributed by atoms with Crippen LogP contribution in [0.4, 0.5) is 0 Å². The lowest BCUT2D eigenvalue weighted by atomic mass is 10.2. The van der Waals surface area contributed by atoms with Gasteiger partial charge in [-0.3, -0.25) is 20.5 Å². The summed E-state index contributed by atoms with van der Waals surface area (Å²) in [6, 6.07) is 6.98. The van der Waals surface area contributed by atoms with Crippen LogP contribution in [0.1, 0.15) is 30.6 Å². The highest BCUT2D eigenvalue weighted by Gasteiger charge is 2.09. The SMILES string of the molecule is CC(C)Oc1ccc(C(=O)NNC(=S)NCCCN2CCOCC2)cc1. The Morgan fingerprint density at radius 2 is 1.92 bits per heavy atom. The fraction of sp³-hybridized carbons (Fsp3) is 0.556. The molecule has 144 valence electrons. The van der Waals surface area contributed by atoms with Gasteiger partial charge in [-0.2, -0.15) is 0 Å². The lowest BCUT2D eigenvalue weighted by Crippen LogP contribution is -2.47. The van der Waals surface area contributed by atoms with Gasteiger partial charge in [0.15, 0.2) is 5.11 Å². The number of thiocarbonyl (C=S) groups is 1. The van der Waals surface area contributed by atoms with Gasteiger partial charge in [0.05, 0.1) is 19.3 Å². The standard InChI is InChI=1S/C18H28N4O3S/c1-14(2)25-16-6-4-15(5-7-16)17(23)20-21-18(26)19-8-3-9-22-10-12-24-13-11-22/h4-7,14H,3,8-13H2,1-2H3,(H,20,23)(H2,19,21,26). The van der Waals surface area contributed by atoms with Crippen molar-refractivity contribution in [2.45, 2.75) is 26.4 Å². The average Bonchev–Trinajstić information content (AvgIpc) is 2.64. The van der Waals surface area contributed by atoms with E-state index >= 15 is 0 Å². The minimum absolute atomic E-state index is 0.100. The second kappa shape index (κ2) is 10.9. The van der Waals surface area contributed by atoms with Crippen LogP contribution in [-0.2, 0) is 4.74 Å². The summed E-state index contributed by atoms with van der Waals surface area (Å²) in [5, 5.41) is 3.49. The normalized spacial score (nSPS) is 14.7. The molecule has 1 aromatic carbocycles. The summed E-state index contributed by atoms with van der Waals surface area (Å²) in [6.07, 6.45) is 1.08. The van der Waals surface area contributed by atoms with Crippen LogP contribution in [0.3, 0.4) is 0 Å². The van der Waals surface area contributed by atoms with Crippen LogP contribution in [0.15, 0.2) is 24.3 Å². The van der Waals surface area contributed by atoms with E-state index < -0.39 is 0 Å². The van der Waals surface area contributed by atoms with Crippen molar-refractivity contribution in [2.75, 3.05) is 39.4 Å². The molecular formula is C18H28N4O3S. The second-order valence-electron chi connectivity index (χ2n) is 6.33. The molecule has 8 heteroatoms. The first kappa shape index (κ1) is 20.4. The summed E-state index contributed by atoms with van der Waals surface area (Å²) in [5.41, 5.74) is 5.84. The molecule has 1 aromatic rings. The number of carbonyl (C=O) groups excluding carboxylic acids is 1. The van der Waals surface area contributed by atoms with Crippen LogP contribution in [0.5, 0.6) is 5.75 Å². The van der Waals surface area contributed by atoms with Crippen molar-refractivity contribution in [3.8, 4) is 5.75 Å². The smallest absolute Gasteiger partial charge is 0.269 e. The molecule has 0 radical (unpaired) electrons. The number of hydrogen-bond acceptors (Lipinski definition) is 5. The first-order chi connectivity index (χ1) is 12.5. The number of amides is 1. The second-order valence-corrected chi connectivity index (χ2v) is 6.74. The fourth-order valence-corrected chi connectivity index (χ4v) is 2.67. The summed E-state index contributed by atoms with van der Waals surface area (Å²) in [5.74, 6) is 0.487. The Labute approximate surface area is 160 Å². The largest absolute Gasteiger partial charge is 0.491 e. The molecule has 1 heterocycles. The maximum atomic E-state index is 12.1. The Balaban J connectivity index is 1.61. The van der Waals surface area contributed by atoms with Gasteiger partial charge in [0.25, 0.3) is 5.91 Å². The zero-order chi connectivity index (χ0) is 18.8. The van der Waals surface area contributed by atoms with E-state index in [1.54, 1.807) is 24.3 Å². The Kier molecular flexibility index (Phi) is 8.60. The van der Waals surface area contributed by atoms with E-state index in [1.165, 1.54) is 0 Å². The molecule has 0 saturated carbocycles. The van der Waals surface area contributed by atoms with E-state index in [2.05, 4.69) is 21.1 Å². The fourth-order valence-electron chi connectivity index (χ4n) is 2.52. The maximum absolute atomic E-state index is 12.1. The molecule has 7 nitrogen and oxygen atoms in total. The van der Waals surface area contributed by atoms with Gasteiger partial charge in [-0.15, -0.1) is 0 Å². The highest BCUT2D eigenvalue weighted by molar-refractivity contribution is 7.80. The number of nitrogens with one attached hydrogen (secondary N) is 3. The molecular weight excluding hydrogens is 352 g/mol. The Morgan fingerprint density at radius 3 is 2.58 bits per heavy atom. The first-order valence-electron chi connectivity index (χ1n) is 8.95. The van der Waals surface area contributed by atoms with Crippen molar-refractivity contribution in [3.63, 3.8) is 0 Å². The van der Waals surface area contributed by atoms with Crippen molar-refractivity contribution in [1.29, 1.82) is 0 Å². The molecule has 1 amide bonds. The van der Waals surface area contributed by atoms with Gasteiger partial charge in [-0.1, -0.05) is 0 Å². The molecule has 1 aliphatic heterocycles. The number of carbonyl (C=O) groups is 1. The van der Waals surface area contributed by atoms with E-state index in [9.17, 15) is 4.79 Å². The van der Waals surface area contributed by atoms with Crippen molar-refractivity contribution in [3.05, 3.63) is 29.8 Å². The molecule has 0 aliphatic carbocycles. The monoisotopic (exact) mass is 380 g/mol. The topological polar surface area (TPSA) is 74.9 Å². The molecule has 3 N–H and O–H groups in total. The predicted molar refractivity (Wildman–Crippen MR) is 105 cm³/mol. The summed E-state index contributed by atoms with van der Waals surface area (Å²) < 4.78 is 10.9. The lowest BCUT2D eigenvalue weighted by Gasteiger charge is -2.26. The van der Waals surface area contributed by atoms with Crippen molar-refractivity contribution in [2.24, 2.45) is 0 Å². The number of hydrogen-bond donors (Lipinski definition) is 3. The number of morpholine rings is 1. The van der Waals surface area contributed by atoms with Crippen molar-refractivity contribution in [1.82, 2.24) is 21.1 Å². The number of nitrogens with zero attached hydrogens (tertiary/aromatic N) is 1. The zero-order valence-electron chi connectivity index (χ0n) is 15.4. The lowest BCUT2D eigenvalue weighted by molar-refractivity contribution is 0.0376. The number of hydrazine groups is 1. The molecule has 26 heavy (non-hydrogen) atoms. The van der Waals surface area contributed by atoms with Crippen LogP contribution in [0.2, 0.25) is 0 Å². The molecule has 2 rings (SSSR count). The predicted octanol–water partition coefficient (Wildman–Crippen LogP) is 1.31. The average molecular weight is 381 g/mol. The maximum Gasteiger partial charge on any atom is 0.269 e. The summed E-state index contributed by atoms with van der Waals surface area (Å²) >= 11 is 5.17. The van der Waals surface area contributed by atoms with Crippen LogP contribution in [-0.4, -0.2) is 61.4 Å². The zero-order valence-corrected chi connectivity index (χ0v) is 16.2. The van der Waals surface area contributed by atoms with Gasteiger partial charge >= 0.3 is 0 Å². The van der Waals surface area contributed by atoms with E-state index in [4.69, 9.17) is 21.7 Å². The van der Waals surface area contributed by atoms with Gasteiger partial charge in [0.2, 0.25) is 0 Å². The number of benzene rings is 1. The molecule has 1 fully saturated rings. The van der Waals surface area contributed by atoms with Gasteiger partial charge in [0, 0.05) is 25.2 Å². The van der Waals surface area contributed by atoms with Crippen LogP contribution in [0, 0.1) is 0 Å². The molecule has 0 aromatic heterocycles. The van der Waals surface area contributed by atoms with E-state index in [0.717, 1.165) is 51.6 Å². The van der Waals surface area contributed by atoms with Crippen LogP contribution >= 0.6 is 12.2 Å². The van der Waals surface area contributed by atoms with Crippen LogP contribution < -0.4 is 20.9 Å². The molecule has 0 atom stereocenters. The van der Waals surface area contributed by atoms with E-state index in [-0.39, 0.29) is 12.0 Å². The summed E-state index contributed by atoms with van der Waals surface area (Å²) in [6.45, 7) is 9.27. The molecule has 0 unspecified atom stereocenters. The summed E-state index contributed by atoms with van der Waals surface area (Å²) in [7, 11) is 0. The van der Waals surface area contributed by atoms with Gasteiger partial charge < -0.3 is 14.8 Å². The van der Waals surface area contributed by atoms with Gasteiger partial charge in [0.1, 0.15) is 5.75 Å². The highest BCUT2D eigenvalue weighted by Crippen LogP contribution is 2.13. The third-order valence-electron chi connectivity index (χ3n) is 3.82. The Bertz CT molecular complexity index is 574. The first-order valence-corrected chi connectivity index (χ1v) is 9.36. The third kappa shape index (κ3) is 7.55. The highest BCUT2D eigenvalue weighted by atomic mass is 32.1. The van der Waals surface area contributed by atoms with Crippen molar-refractivity contribution < 1.29 is 14.3 Å². The van der Waals surface area contributed by atoms with Crippen molar-refractivity contribution >= 4 is 23.2 Å². The minimum Gasteiger partial charge on any atom is -0.491 e. The quantitative estimate of drug-likeness (QED) is 0.374. The minimum atomic E-state index is -0.251. The molecule has 1 saturated heterocycles. The van der Waals surface area contributed by atoms with E-state index in [0.29, 0.717) is 10.7 Å². The van der Waals surface area contributed by atoms with Crippen LogP contribution in [0.25, 0.3) is 0 Å². The molecule has 0 bridgehead atoms. The van der Waals surface area contributed by atoms with E-state index in [1.807, 2.05) is 13.8 Å².